The third-order valence-corrected chi connectivity index (χ3v) is 13.5. The number of carboxylic acid groups (broad SMARTS) is 2. The zero-order valence-electron chi connectivity index (χ0n) is 29.4. The Hall–Kier alpha value is -2.94. The summed E-state index contributed by atoms with van der Waals surface area (Å²) in [5, 5.41) is 31.7. The van der Waals surface area contributed by atoms with Crippen molar-refractivity contribution in [1.82, 2.24) is 0 Å². The molecule has 0 spiro atoms. The molecule has 1 aromatic rings. The Kier molecular flexibility index (Phi) is 10.7. The molecule has 0 unspecified atom stereocenters. The van der Waals surface area contributed by atoms with Gasteiger partial charge >= 0.3 is 23.9 Å². The maximum absolute atomic E-state index is 13.8. The predicted octanol–water partition coefficient (Wildman–Crippen LogP) is 7.53. The number of fused-ring (bicyclic) bond motifs is 5. The fourth-order valence-corrected chi connectivity index (χ4v) is 11.0. The Bertz CT molecular complexity index is 1370. The standard InChI is InChI=1S/C39H56O9/c1-23(2)9-8-10-24(3)29-13-14-30-28-21-32(48-36(45)27-12-7-6-11-26(27)35(43)44)39(46)22-25(47-34(42)16-15-33(40)41)17-20-38(39,5)31(28)18-19-37(29,30)4/h6-7,11-12,23-25,28-32,46H,8-10,13-22H2,1-5H3,(H,40,41)(H,43,44)/t24-,25+,28+,29-,30+,31+,32-,37-,38-,39+/m1/s1. The Balaban J connectivity index is 1.44. The molecule has 4 aliphatic carbocycles. The van der Waals surface area contributed by atoms with Crippen LogP contribution in [0, 0.1) is 46.3 Å². The van der Waals surface area contributed by atoms with Gasteiger partial charge in [-0.25, -0.2) is 9.59 Å². The fraction of sp³-hybridized carbons (Fsp3) is 0.744. The van der Waals surface area contributed by atoms with Gasteiger partial charge in [-0.2, -0.15) is 0 Å². The van der Waals surface area contributed by atoms with Crippen molar-refractivity contribution in [2.24, 2.45) is 46.3 Å². The third-order valence-electron chi connectivity index (χ3n) is 13.5. The lowest BCUT2D eigenvalue weighted by Gasteiger charge is -2.65. The lowest BCUT2D eigenvalue weighted by molar-refractivity contribution is -0.266. The van der Waals surface area contributed by atoms with E-state index in [-0.39, 0.29) is 47.6 Å². The number of carbonyl (C=O) groups is 4. The molecule has 10 atom stereocenters. The van der Waals surface area contributed by atoms with Crippen LogP contribution in [0.1, 0.15) is 139 Å². The van der Waals surface area contributed by atoms with Gasteiger partial charge in [0, 0.05) is 11.8 Å². The van der Waals surface area contributed by atoms with Crippen LogP contribution < -0.4 is 0 Å². The van der Waals surface area contributed by atoms with Crippen molar-refractivity contribution in [3.05, 3.63) is 35.4 Å². The monoisotopic (exact) mass is 668 g/mol. The van der Waals surface area contributed by atoms with E-state index in [1.807, 2.05) is 0 Å². The molecule has 1 aromatic carbocycles. The second-order valence-corrected chi connectivity index (χ2v) is 16.5. The average molecular weight is 669 g/mol. The van der Waals surface area contributed by atoms with Gasteiger partial charge in [0.2, 0.25) is 0 Å². The number of aliphatic hydroxyl groups is 1. The smallest absolute Gasteiger partial charge is 0.339 e. The Morgan fingerprint density at radius 3 is 2.25 bits per heavy atom. The minimum absolute atomic E-state index is 0.0606. The molecule has 3 N–H and O–H groups in total. The normalized spacial score (nSPS) is 36.3. The Morgan fingerprint density at radius 2 is 1.58 bits per heavy atom. The van der Waals surface area contributed by atoms with Crippen molar-refractivity contribution >= 4 is 23.9 Å². The number of rotatable bonds is 12. The number of hydrogen-bond donors (Lipinski definition) is 3. The van der Waals surface area contributed by atoms with Crippen LogP contribution in [-0.4, -0.2) is 57.0 Å². The molecular formula is C39H56O9. The van der Waals surface area contributed by atoms with Crippen LogP contribution in [0.5, 0.6) is 0 Å². The van der Waals surface area contributed by atoms with Crippen LogP contribution in [0.25, 0.3) is 0 Å². The SMILES string of the molecule is CC(C)CCC[C@@H](C)[C@H]1CC[C@H]2[C@@H]3C[C@@H](OC(=O)c4ccccc4C(=O)O)[C@@]4(O)C[C@@H](OC(=O)CCC(=O)O)CC[C@]4(C)[C@H]3CC[C@]12C. The molecule has 4 saturated carbocycles. The molecule has 0 saturated heterocycles. The maximum Gasteiger partial charge on any atom is 0.339 e. The number of carbonyl (C=O) groups excluding carboxylic acids is 2. The molecule has 0 heterocycles. The topological polar surface area (TPSA) is 147 Å². The highest BCUT2D eigenvalue weighted by Crippen LogP contribution is 2.69. The van der Waals surface area contributed by atoms with Gasteiger partial charge in [0.05, 0.1) is 24.0 Å². The van der Waals surface area contributed by atoms with Crippen LogP contribution >= 0.6 is 0 Å². The fourth-order valence-electron chi connectivity index (χ4n) is 11.0. The van der Waals surface area contributed by atoms with E-state index in [2.05, 4.69) is 34.6 Å². The molecule has 266 valence electrons. The lowest BCUT2D eigenvalue weighted by Crippen LogP contribution is -2.69. The van der Waals surface area contributed by atoms with Crippen molar-refractivity contribution in [3.63, 3.8) is 0 Å². The summed E-state index contributed by atoms with van der Waals surface area (Å²) in [7, 11) is 0. The van der Waals surface area contributed by atoms with Crippen LogP contribution in [-0.2, 0) is 19.1 Å². The van der Waals surface area contributed by atoms with E-state index in [1.54, 1.807) is 12.1 Å². The largest absolute Gasteiger partial charge is 0.481 e. The lowest BCUT2D eigenvalue weighted by atomic mass is 9.42. The van der Waals surface area contributed by atoms with Gasteiger partial charge < -0.3 is 24.8 Å². The second-order valence-electron chi connectivity index (χ2n) is 16.5. The molecule has 9 nitrogen and oxygen atoms in total. The Labute approximate surface area is 285 Å². The molecule has 9 heteroatoms. The highest BCUT2D eigenvalue weighted by Gasteiger charge is 2.69. The number of aliphatic carboxylic acids is 1. The first-order chi connectivity index (χ1) is 22.6. The average Bonchev–Trinajstić information content (AvgIpc) is 3.38. The van der Waals surface area contributed by atoms with Crippen molar-refractivity contribution in [1.29, 1.82) is 0 Å². The zero-order valence-corrected chi connectivity index (χ0v) is 29.4. The first kappa shape index (κ1) is 36.3. The van der Waals surface area contributed by atoms with Gasteiger partial charge in [0.1, 0.15) is 17.8 Å². The Morgan fingerprint density at radius 1 is 0.875 bits per heavy atom. The third kappa shape index (κ3) is 6.77. The zero-order chi connectivity index (χ0) is 35.0. The van der Waals surface area contributed by atoms with E-state index in [9.17, 15) is 29.4 Å². The summed E-state index contributed by atoms with van der Waals surface area (Å²) in [4.78, 5) is 49.4. The van der Waals surface area contributed by atoms with Gasteiger partial charge in [-0.15, -0.1) is 0 Å². The first-order valence-electron chi connectivity index (χ1n) is 18.3. The van der Waals surface area contributed by atoms with E-state index in [0.29, 0.717) is 42.9 Å². The number of carboxylic acids is 2. The van der Waals surface area contributed by atoms with E-state index < -0.39 is 47.1 Å². The molecule has 5 rings (SSSR count). The van der Waals surface area contributed by atoms with Gasteiger partial charge in [0.15, 0.2) is 0 Å². The van der Waals surface area contributed by atoms with E-state index >= 15 is 0 Å². The first-order valence-corrected chi connectivity index (χ1v) is 18.3. The summed E-state index contributed by atoms with van der Waals surface area (Å²) in [6.07, 6.45) is 7.53. The summed E-state index contributed by atoms with van der Waals surface area (Å²) in [6.45, 7) is 11.6. The molecule has 0 bridgehead atoms. The van der Waals surface area contributed by atoms with Gasteiger partial charge in [-0.1, -0.05) is 66.0 Å². The highest BCUT2D eigenvalue weighted by atomic mass is 16.6. The predicted molar refractivity (Wildman–Crippen MR) is 179 cm³/mol. The van der Waals surface area contributed by atoms with Crippen molar-refractivity contribution < 1.29 is 44.0 Å². The van der Waals surface area contributed by atoms with Crippen molar-refractivity contribution in [3.8, 4) is 0 Å². The number of aromatic carboxylic acids is 1. The van der Waals surface area contributed by atoms with Crippen molar-refractivity contribution in [2.75, 3.05) is 0 Å². The van der Waals surface area contributed by atoms with E-state index in [1.165, 1.54) is 37.8 Å². The summed E-state index contributed by atoms with van der Waals surface area (Å²) in [6, 6.07) is 5.97. The molecule has 0 radical (unpaired) electrons. The summed E-state index contributed by atoms with van der Waals surface area (Å²) < 4.78 is 12.0. The number of benzene rings is 1. The van der Waals surface area contributed by atoms with Gasteiger partial charge in [0.25, 0.3) is 0 Å². The number of hydrogen-bond acceptors (Lipinski definition) is 7. The van der Waals surface area contributed by atoms with Crippen LogP contribution in [0.15, 0.2) is 24.3 Å². The second kappa shape index (κ2) is 14.1. The van der Waals surface area contributed by atoms with E-state index in [0.717, 1.165) is 19.3 Å². The molecule has 4 aliphatic rings. The molecule has 0 aromatic heterocycles. The quantitative estimate of drug-likeness (QED) is 0.192. The van der Waals surface area contributed by atoms with E-state index in [4.69, 9.17) is 14.6 Å². The maximum atomic E-state index is 13.8. The van der Waals surface area contributed by atoms with Crippen LogP contribution in [0.2, 0.25) is 0 Å². The van der Waals surface area contributed by atoms with Gasteiger partial charge in [-0.3, -0.25) is 9.59 Å². The molecule has 48 heavy (non-hydrogen) atoms. The summed E-state index contributed by atoms with van der Waals surface area (Å²) in [5.41, 5.74) is -2.21. The van der Waals surface area contributed by atoms with Crippen LogP contribution in [0.3, 0.4) is 0 Å². The van der Waals surface area contributed by atoms with Crippen LogP contribution in [0.4, 0.5) is 0 Å². The number of ether oxygens (including phenoxy) is 2. The van der Waals surface area contributed by atoms with Gasteiger partial charge in [-0.05, 0) is 98.0 Å². The summed E-state index contributed by atoms with van der Waals surface area (Å²) in [5.74, 6) is -0.937. The molecule has 0 aliphatic heterocycles. The highest BCUT2D eigenvalue weighted by molar-refractivity contribution is 6.02. The molecule has 0 amide bonds. The molecule has 4 fully saturated rings. The minimum atomic E-state index is -1.52. The molecular weight excluding hydrogens is 612 g/mol. The number of esters is 2. The summed E-state index contributed by atoms with van der Waals surface area (Å²) >= 11 is 0. The van der Waals surface area contributed by atoms with Crippen molar-refractivity contribution in [2.45, 2.75) is 136 Å². The minimum Gasteiger partial charge on any atom is -0.481 e.